The lowest BCUT2D eigenvalue weighted by molar-refractivity contribution is -0.165. The van der Waals surface area contributed by atoms with Crippen LogP contribution < -0.4 is 20.7 Å². The predicted molar refractivity (Wildman–Crippen MR) is 169 cm³/mol. The van der Waals surface area contributed by atoms with Crippen molar-refractivity contribution in [1.82, 2.24) is 16.0 Å². The summed E-state index contributed by atoms with van der Waals surface area (Å²) < 4.78 is 73.0. The van der Waals surface area contributed by atoms with Crippen LogP contribution in [-0.4, -0.2) is 48.2 Å². The van der Waals surface area contributed by atoms with Crippen molar-refractivity contribution in [2.45, 2.75) is 50.6 Å². The Morgan fingerprint density at radius 3 is 2.04 bits per heavy atom. The van der Waals surface area contributed by atoms with Crippen LogP contribution in [0.15, 0.2) is 72.8 Å². The molecule has 0 aliphatic heterocycles. The Balaban J connectivity index is 1.87. The molecule has 0 aliphatic rings. The van der Waals surface area contributed by atoms with E-state index in [1.54, 1.807) is 30.3 Å². The van der Waals surface area contributed by atoms with E-state index in [-0.39, 0.29) is 15.6 Å². The van der Waals surface area contributed by atoms with E-state index in [1.165, 1.54) is 56.3 Å². The Labute approximate surface area is 287 Å². The molecule has 0 bridgehead atoms. The van der Waals surface area contributed by atoms with Crippen LogP contribution in [0.25, 0.3) is 0 Å². The van der Waals surface area contributed by atoms with E-state index in [0.717, 1.165) is 5.32 Å². The molecule has 0 aliphatic carbocycles. The number of hydrogen-bond donors (Lipinski definition) is 3. The average molecular weight is 737 g/mol. The lowest BCUT2D eigenvalue weighted by Gasteiger charge is -2.28. The summed E-state index contributed by atoms with van der Waals surface area (Å²) in [6, 6.07) is 14.9. The van der Waals surface area contributed by atoms with Crippen molar-refractivity contribution in [3.05, 3.63) is 99.0 Å². The molecular weight excluding hydrogens is 708 g/mol. The van der Waals surface area contributed by atoms with Crippen molar-refractivity contribution >= 4 is 58.3 Å². The number of benzene rings is 3. The number of amides is 3. The first-order valence-electron chi connectivity index (χ1n) is 14.2. The molecule has 258 valence electrons. The molecule has 16 heteroatoms. The molecule has 0 radical (unpaired) electrons. The highest BCUT2D eigenvalue weighted by Gasteiger charge is 2.52. The molecule has 3 N–H and O–H groups in total. The number of ether oxygens (including phenoxy) is 1. The van der Waals surface area contributed by atoms with Gasteiger partial charge in [-0.15, -0.1) is 0 Å². The van der Waals surface area contributed by atoms with Gasteiger partial charge in [-0.25, -0.2) is 0 Å². The number of nitrogens with one attached hydrogen (secondary N) is 3. The molecule has 3 aromatic rings. The number of carbonyl (C=O) groups excluding carboxylic acids is 4. The summed E-state index contributed by atoms with van der Waals surface area (Å²) in [5.74, 6) is -12.2. The fourth-order valence-electron chi connectivity index (χ4n) is 4.35. The van der Waals surface area contributed by atoms with E-state index in [0.29, 0.717) is 16.3 Å². The molecular formula is C32H29Cl3F5N3O5. The van der Waals surface area contributed by atoms with E-state index in [2.05, 4.69) is 10.6 Å². The number of hydrogen-bond acceptors (Lipinski definition) is 5. The normalized spacial score (nSPS) is 13.6. The summed E-state index contributed by atoms with van der Waals surface area (Å²) in [4.78, 5) is 51.7. The molecule has 48 heavy (non-hydrogen) atoms. The van der Waals surface area contributed by atoms with Crippen LogP contribution >= 0.6 is 34.8 Å². The van der Waals surface area contributed by atoms with Gasteiger partial charge in [0, 0.05) is 5.02 Å². The quantitative estimate of drug-likeness (QED) is 0.122. The van der Waals surface area contributed by atoms with Gasteiger partial charge in [0.15, 0.2) is 0 Å². The molecule has 8 nitrogen and oxygen atoms in total. The summed E-state index contributed by atoms with van der Waals surface area (Å²) in [5.41, 5.74) is 0.617. The van der Waals surface area contributed by atoms with Gasteiger partial charge in [-0.1, -0.05) is 91.1 Å². The zero-order chi connectivity index (χ0) is 35.8. The molecule has 3 amide bonds. The molecule has 0 fully saturated rings. The predicted octanol–water partition coefficient (Wildman–Crippen LogP) is 7.04. The van der Waals surface area contributed by atoms with Crippen LogP contribution in [-0.2, 0) is 19.2 Å². The summed E-state index contributed by atoms with van der Waals surface area (Å²) in [6.45, 7) is 0.453. The zero-order valence-electron chi connectivity index (χ0n) is 25.2. The lowest BCUT2D eigenvalue weighted by Crippen LogP contribution is -2.58. The minimum absolute atomic E-state index is 0.170. The summed E-state index contributed by atoms with van der Waals surface area (Å²) in [5, 5.41) is 6.40. The van der Waals surface area contributed by atoms with Crippen molar-refractivity contribution < 1.29 is 45.9 Å². The average Bonchev–Trinajstić information content (AvgIpc) is 3.01. The third kappa shape index (κ3) is 10.8. The van der Waals surface area contributed by atoms with Gasteiger partial charge < -0.3 is 20.7 Å². The molecule has 0 saturated heterocycles. The summed E-state index contributed by atoms with van der Waals surface area (Å²) >= 11 is 18.3. The number of alkyl halides is 5. The fraction of sp³-hybridized carbons (Fsp3) is 0.312. The van der Waals surface area contributed by atoms with Gasteiger partial charge in [-0.2, -0.15) is 22.0 Å². The molecule has 0 saturated carbocycles. The Bertz CT molecular complexity index is 1630. The van der Waals surface area contributed by atoms with E-state index in [9.17, 15) is 41.1 Å². The van der Waals surface area contributed by atoms with Gasteiger partial charge in [0.1, 0.15) is 24.4 Å². The molecule has 2 unspecified atom stereocenters. The lowest BCUT2D eigenvalue weighted by atomic mass is 9.94. The van der Waals surface area contributed by atoms with Crippen molar-refractivity contribution in [3.63, 3.8) is 0 Å². The largest absolute Gasteiger partial charge is 0.485 e. The molecule has 3 rings (SSSR count). The van der Waals surface area contributed by atoms with Gasteiger partial charge in [0.2, 0.25) is 17.6 Å². The summed E-state index contributed by atoms with van der Waals surface area (Å²) in [6.07, 6.45) is -6.43. The van der Waals surface area contributed by atoms with Crippen LogP contribution in [0.1, 0.15) is 43.5 Å². The standard InChI is InChI=1S/C32H29Cl3F5N3O5/c1-17(2)26(28(45)32(39,40)30(47)41-16-31(36,37)38)43-29(46)27(18-7-4-3-5-8-18)42-25(44)15-24(19-11-12-22(34)23(35)13-19)48-21-10-6-9-20(33)14-21/h3-14,17,24,26-27H,15-16H2,1-2H3,(H,41,47)(H,42,44)(H,43,46)/t24?,26-,27?/m0/s1. The van der Waals surface area contributed by atoms with Crippen LogP contribution in [0, 0.1) is 5.92 Å². The minimum atomic E-state index is -5.01. The molecule has 3 aromatic carbocycles. The van der Waals surface area contributed by atoms with Gasteiger partial charge in [-0.05, 0) is 47.4 Å². The SMILES string of the molecule is CC(C)[C@H](NC(=O)C(NC(=O)CC(Oc1cccc(Cl)c1)c1ccc(Cl)c(Cl)c1)c1ccccc1)C(=O)C(F)(F)C(=O)NCC(F)(F)F. The first-order valence-corrected chi connectivity index (χ1v) is 15.3. The van der Waals surface area contributed by atoms with Crippen molar-refractivity contribution in [1.29, 1.82) is 0 Å². The Morgan fingerprint density at radius 1 is 0.792 bits per heavy atom. The Kier molecular flexibility index (Phi) is 13.2. The highest BCUT2D eigenvalue weighted by atomic mass is 35.5. The Hall–Kier alpha value is -3.94. The second kappa shape index (κ2) is 16.4. The van der Waals surface area contributed by atoms with E-state index >= 15 is 0 Å². The summed E-state index contributed by atoms with van der Waals surface area (Å²) in [7, 11) is 0. The smallest absolute Gasteiger partial charge is 0.405 e. The molecule has 0 spiro atoms. The number of halogens is 8. The van der Waals surface area contributed by atoms with Crippen LogP contribution in [0.3, 0.4) is 0 Å². The maximum atomic E-state index is 14.8. The maximum Gasteiger partial charge on any atom is 0.405 e. The van der Waals surface area contributed by atoms with E-state index in [4.69, 9.17) is 39.5 Å². The zero-order valence-corrected chi connectivity index (χ0v) is 27.5. The van der Waals surface area contributed by atoms with Crippen molar-refractivity contribution in [3.8, 4) is 5.75 Å². The number of carbonyl (C=O) groups is 4. The number of ketones is 1. The van der Waals surface area contributed by atoms with Crippen LogP contribution in [0.4, 0.5) is 22.0 Å². The van der Waals surface area contributed by atoms with Crippen LogP contribution in [0.5, 0.6) is 5.75 Å². The minimum Gasteiger partial charge on any atom is -0.485 e. The highest BCUT2D eigenvalue weighted by molar-refractivity contribution is 6.42. The first kappa shape index (κ1) is 38.5. The second-order valence-corrected chi connectivity index (χ2v) is 12.1. The maximum absolute atomic E-state index is 14.8. The van der Waals surface area contributed by atoms with Crippen molar-refractivity contribution in [2.24, 2.45) is 5.92 Å². The van der Waals surface area contributed by atoms with Gasteiger partial charge in [-0.3, -0.25) is 19.2 Å². The topological polar surface area (TPSA) is 114 Å². The highest BCUT2D eigenvalue weighted by Crippen LogP contribution is 2.32. The third-order valence-electron chi connectivity index (χ3n) is 6.75. The number of rotatable bonds is 14. The van der Waals surface area contributed by atoms with E-state index in [1.807, 2.05) is 0 Å². The van der Waals surface area contributed by atoms with Gasteiger partial charge in [0.25, 0.3) is 5.91 Å². The molecule has 0 aromatic heterocycles. The number of Topliss-reactive ketones (excluding diaryl/α,β-unsaturated/α-hetero) is 1. The van der Waals surface area contributed by atoms with Gasteiger partial charge in [0.05, 0.1) is 22.5 Å². The third-order valence-corrected chi connectivity index (χ3v) is 7.73. The molecule has 3 atom stereocenters. The van der Waals surface area contributed by atoms with Gasteiger partial charge >= 0.3 is 12.1 Å². The Morgan fingerprint density at radius 2 is 1.46 bits per heavy atom. The van der Waals surface area contributed by atoms with Crippen molar-refractivity contribution in [2.75, 3.05) is 6.54 Å². The monoisotopic (exact) mass is 735 g/mol. The fourth-order valence-corrected chi connectivity index (χ4v) is 4.84. The first-order chi connectivity index (χ1) is 22.4. The van der Waals surface area contributed by atoms with E-state index < -0.39 is 72.7 Å². The second-order valence-electron chi connectivity index (χ2n) is 10.8. The molecule has 0 heterocycles. The van der Waals surface area contributed by atoms with Crippen LogP contribution in [0.2, 0.25) is 15.1 Å².